The second kappa shape index (κ2) is 9.21. The van der Waals surface area contributed by atoms with E-state index < -0.39 is 0 Å². The van der Waals surface area contributed by atoms with Crippen LogP contribution in [-0.4, -0.2) is 67.4 Å². The molecular weight excluding hydrogens is 316 g/mol. The number of terminal acetylenes is 1. The number of nitrogens with one attached hydrogen (secondary N) is 2. The molecular formula is C19H26N4O2. The Kier molecular flexibility index (Phi) is 6.99. The summed E-state index contributed by atoms with van der Waals surface area (Å²) in [5.74, 6) is 2.33. The van der Waals surface area contributed by atoms with Gasteiger partial charge in [-0.1, -0.05) is 24.1 Å². The first-order chi connectivity index (χ1) is 12.0. The predicted octanol–water partition coefficient (Wildman–Crippen LogP) is 0.609. The number of para-hydroxylation sites is 1. The van der Waals surface area contributed by atoms with Gasteiger partial charge in [-0.3, -0.25) is 19.4 Å². The summed E-state index contributed by atoms with van der Waals surface area (Å²) in [5.41, 5.74) is 3.03. The van der Waals surface area contributed by atoms with Gasteiger partial charge in [0, 0.05) is 31.9 Å². The van der Waals surface area contributed by atoms with Gasteiger partial charge in [0.15, 0.2) is 0 Å². The Morgan fingerprint density at radius 1 is 1.04 bits per heavy atom. The molecule has 1 aromatic carbocycles. The van der Waals surface area contributed by atoms with Gasteiger partial charge < -0.3 is 10.6 Å². The highest BCUT2D eigenvalue weighted by molar-refractivity contribution is 5.93. The van der Waals surface area contributed by atoms with Crippen LogP contribution in [0.1, 0.15) is 11.1 Å². The lowest BCUT2D eigenvalue weighted by Gasteiger charge is -2.33. The summed E-state index contributed by atoms with van der Waals surface area (Å²) >= 11 is 0. The summed E-state index contributed by atoms with van der Waals surface area (Å²) in [5, 5.41) is 5.68. The number of piperazine rings is 1. The van der Waals surface area contributed by atoms with Crippen molar-refractivity contribution in [2.24, 2.45) is 0 Å². The lowest BCUT2D eigenvalue weighted by Crippen LogP contribution is -2.51. The number of anilines is 1. The monoisotopic (exact) mass is 342 g/mol. The van der Waals surface area contributed by atoms with Crippen molar-refractivity contribution in [2.45, 2.75) is 13.8 Å². The van der Waals surface area contributed by atoms with Crippen molar-refractivity contribution in [1.29, 1.82) is 0 Å². The van der Waals surface area contributed by atoms with Gasteiger partial charge >= 0.3 is 0 Å². The Labute approximate surface area is 149 Å². The second-order valence-corrected chi connectivity index (χ2v) is 6.35. The molecule has 0 atom stereocenters. The number of hydrogen-bond donors (Lipinski definition) is 2. The van der Waals surface area contributed by atoms with Crippen LogP contribution in [-0.2, 0) is 9.59 Å². The molecule has 0 bridgehead atoms. The lowest BCUT2D eigenvalue weighted by atomic mass is 10.1. The van der Waals surface area contributed by atoms with E-state index in [9.17, 15) is 9.59 Å². The van der Waals surface area contributed by atoms with Crippen LogP contribution in [0.15, 0.2) is 18.2 Å². The van der Waals surface area contributed by atoms with Crippen LogP contribution in [0.2, 0.25) is 0 Å². The Bertz CT molecular complexity index is 638. The fraction of sp³-hybridized carbons (Fsp3) is 0.474. The van der Waals surface area contributed by atoms with Crippen LogP contribution in [0.5, 0.6) is 0 Å². The highest BCUT2D eigenvalue weighted by atomic mass is 16.2. The van der Waals surface area contributed by atoms with Crippen molar-refractivity contribution in [2.75, 3.05) is 51.1 Å². The molecule has 6 nitrogen and oxygen atoms in total. The molecule has 1 aliphatic heterocycles. The van der Waals surface area contributed by atoms with Gasteiger partial charge in [0.25, 0.3) is 0 Å². The SMILES string of the molecule is C#CCNC(=O)CN1CCN(CC(=O)Nc2c(C)cccc2C)CC1. The molecule has 0 spiro atoms. The van der Waals surface area contributed by atoms with E-state index in [1.165, 1.54) is 0 Å². The maximum Gasteiger partial charge on any atom is 0.238 e. The highest BCUT2D eigenvalue weighted by Crippen LogP contribution is 2.19. The lowest BCUT2D eigenvalue weighted by molar-refractivity contribution is -0.123. The van der Waals surface area contributed by atoms with E-state index in [0.717, 1.165) is 43.0 Å². The van der Waals surface area contributed by atoms with Crippen molar-refractivity contribution in [3.05, 3.63) is 29.3 Å². The number of carbonyl (C=O) groups is 2. The third kappa shape index (κ3) is 5.89. The normalized spacial score (nSPS) is 15.4. The molecule has 2 amide bonds. The molecule has 2 rings (SSSR count). The van der Waals surface area contributed by atoms with E-state index >= 15 is 0 Å². The van der Waals surface area contributed by atoms with Crippen LogP contribution < -0.4 is 10.6 Å². The number of hydrogen-bond acceptors (Lipinski definition) is 4. The quantitative estimate of drug-likeness (QED) is 0.744. The minimum atomic E-state index is -0.0563. The molecule has 1 aliphatic rings. The highest BCUT2D eigenvalue weighted by Gasteiger charge is 2.20. The van der Waals surface area contributed by atoms with Crippen LogP contribution >= 0.6 is 0 Å². The van der Waals surface area contributed by atoms with Crippen molar-refractivity contribution < 1.29 is 9.59 Å². The van der Waals surface area contributed by atoms with Crippen LogP contribution in [0.3, 0.4) is 0 Å². The molecule has 1 fully saturated rings. The van der Waals surface area contributed by atoms with Gasteiger partial charge in [0.05, 0.1) is 19.6 Å². The summed E-state index contributed by atoms with van der Waals surface area (Å²) in [7, 11) is 0. The number of carbonyl (C=O) groups excluding carboxylic acids is 2. The van der Waals surface area contributed by atoms with Crippen molar-refractivity contribution in [3.8, 4) is 12.3 Å². The van der Waals surface area contributed by atoms with E-state index in [-0.39, 0.29) is 18.4 Å². The average Bonchev–Trinajstić information content (AvgIpc) is 2.58. The number of amides is 2. The van der Waals surface area contributed by atoms with Gasteiger partial charge in [-0.2, -0.15) is 0 Å². The average molecular weight is 342 g/mol. The predicted molar refractivity (Wildman–Crippen MR) is 99.3 cm³/mol. The fourth-order valence-electron chi connectivity index (χ4n) is 2.91. The summed E-state index contributed by atoms with van der Waals surface area (Å²) in [6.45, 7) is 8.02. The first kappa shape index (κ1) is 19.0. The summed E-state index contributed by atoms with van der Waals surface area (Å²) in [6, 6.07) is 5.97. The molecule has 1 saturated heterocycles. The van der Waals surface area contributed by atoms with Gasteiger partial charge in [-0.15, -0.1) is 6.42 Å². The van der Waals surface area contributed by atoms with E-state index in [4.69, 9.17) is 6.42 Å². The molecule has 0 aromatic heterocycles. The van der Waals surface area contributed by atoms with Gasteiger partial charge in [0.2, 0.25) is 11.8 Å². The molecule has 0 saturated carbocycles. The van der Waals surface area contributed by atoms with E-state index in [2.05, 4.69) is 26.4 Å². The smallest absolute Gasteiger partial charge is 0.238 e. The zero-order chi connectivity index (χ0) is 18.2. The minimum absolute atomic E-state index is 0.00221. The maximum absolute atomic E-state index is 12.3. The van der Waals surface area contributed by atoms with E-state index in [0.29, 0.717) is 13.1 Å². The largest absolute Gasteiger partial charge is 0.344 e. The number of aryl methyl sites for hydroxylation is 2. The number of nitrogens with zero attached hydrogens (tertiary/aromatic N) is 2. The Balaban J connectivity index is 1.75. The summed E-state index contributed by atoms with van der Waals surface area (Å²) in [6.07, 6.45) is 5.13. The summed E-state index contributed by atoms with van der Waals surface area (Å²) < 4.78 is 0. The van der Waals surface area contributed by atoms with Crippen molar-refractivity contribution in [1.82, 2.24) is 15.1 Å². The van der Waals surface area contributed by atoms with Crippen LogP contribution in [0.25, 0.3) is 0 Å². The number of benzene rings is 1. The van der Waals surface area contributed by atoms with Gasteiger partial charge in [0.1, 0.15) is 0 Å². The first-order valence-corrected chi connectivity index (χ1v) is 8.50. The third-order valence-corrected chi connectivity index (χ3v) is 4.33. The van der Waals surface area contributed by atoms with Crippen molar-refractivity contribution in [3.63, 3.8) is 0 Å². The van der Waals surface area contributed by atoms with Gasteiger partial charge in [-0.25, -0.2) is 0 Å². The first-order valence-electron chi connectivity index (χ1n) is 8.50. The Morgan fingerprint density at radius 2 is 1.56 bits per heavy atom. The molecule has 1 heterocycles. The third-order valence-electron chi connectivity index (χ3n) is 4.33. The zero-order valence-electron chi connectivity index (χ0n) is 15.0. The standard InChI is InChI=1S/C19H26N4O2/c1-4-8-20-17(24)13-22-9-11-23(12-10-22)14-18(25)21-19-15(2)6-5-7-16(19)3/h1,5-7H,8-14H2,2-3H3,(H,20,24)(H,21,25). The van der Waals surface area contributed by atoms with E-state index in [1.807, 2.05) is 32.0 Å². The molecule has 6 heteroatoms. The molecule has 0 aliphatic carbocycles. The molecule has 0 unspecified atom stereocenters. The Morgan fingerprint density at radius 3 is 2.08 bits per heavy atom. The fourth-order valence-corrected chi connectivity index (χ4v) is 2.91. The summed E-state index contributed by atoms with van der Waals surface area (Å²) in [4.78, 5) is 28.2. The molecule has 2 N–H and O–H groups in total. The second-order valence-electron chi connectivity index (χ2n) is 6.35. The topological polar surface area (TPSA) is 64.7 Å². The van der Waals surface area contributed by atoms with Crippen LogP contribution in [0, 0.1) is 26.2 Å². The molecule has 25 heavy (non-hydrogen) atoms. The zero-order valence-corrected chi connectivity index (χ0v) is 15.0. The minimum Gasteiger partial charge on any atom is -0.344 e. The molecule has 0 radical (unpaired) electrons. The van der Waals surface area contributed by atoms with Crippen molar-refractivity contribution >= 4 is 17.5 Å². The molecule has 134 valence electrons. The van der Waals surface area contributed by atoms with Gasteiger partial charge in [-0.05, 0) is 25.0 Å². The maximum atomic E-state index is 12.3. The number of rotatable bonds is 6. The molecule has 1 aromatic rings. The van der Waals surface area contributed by atoms with Crippen LogP contribution in [0.4, 0.5) is 5.69 Å². The Hall–Kier alpha value is -2.36. The van der Waals surface area contributed by atoms with E-state index in [1.54, 1.807) is 0 Å².